The van der Waals surface area contributed by atoms with Gasteiger partial charge in [-0.1, -0.05) is 0 Å². The maximum atomic E-state index is 11.5. The van der Waals surface area contributed by atoms with Gasteiger partial charge in [-0.25, -0.2) is 4.98 Å². The number of Topliss-reactive ketones (excluding diaryl/α,β-unsaturated/α-hetero) is 1. The number of hydrogen-bond donors (Lipinski definition) is 1. The van der Waals surface area contributed by atoms with Crippen molar-refractivity contribution in [2.75, 3.05) is 0 Å². The van der Waals surface area contributed by atoms with Crippen molar-refractivity contribution in [1.82, 2.24) is 4.98 Å². The van der Waals surface area contributed by atoms with Gasteiger partial charge in [0, 0.05) is 17.5 Å². The minimum atomic E-state index is -0.552. The van der Waals surface area contributed by atoms with E-state index in [9.17, 15) is 4.79 Å². The fourth-order valence-electron chi connectivity index (χ4n) is 1.00. The van der Waals surface area contributed by atoms with Gasteiger partial charge in [-0.15, -0.1) is 23.7 Å². The van der Waals surface area contributed by atoms with Crippen LogP contribution in [0.25, 0.3) is 0 Å². The first kappa shape index (κ1) is 10.9. The van der Waals surface area contributed by atoms with Gasteiger partial charge in [-0.2, -0.15) is 0 Å². The number of rotatable bonds is 4. The number of aryl methyl sites for hydroxylation is 1. The lowest BCUT2D eigenvalue weighted by atomic mass is 10.1. The summed E-state index contributed by atoms with van der Waals surface area (Å²) in [7, 11) is 0. The molecular weight excluding hydrogens is 196 g/mol. The van der Waals surface area contributed by atoms with Gasteiger partial charge in [0.2, 0.25) is 0 Å². The molecule has 74 valence electrons. The Balaban J connectivity index is 2.53. The third kappa shape index (κ3) is 2.95. The van der Waals surface area contributed by atoms with Crippen molar-refractivity contribution in [1.29, 1.82) is 0 Å². The van der Waals surface area contributed by atoms with Crippen LogP contribution in [0.1, 0.15) is 17.1 Å². The quantitative estimate of drug-likeness (QED) is 0.748. The Morgan fingerprint density at radius 2 is 2.57 bits per heavy atom. The van der Waals surface area contributed by atoms with Gasteiger partial charge in [0.05, 0.1) is 12.5 Å². The van der Waals surface area contributed by atoms with E-state index in [4.69, 9.17) is 12.2 Å². The number of carbonyl (C=O) groups excluding carboxylic acids is 1. The number of ketones is 1. The van der Waals surface area contributed by atoms with Crippen molar-refractivity contribution >= 4 is 17.1 Å². The third-order valence-corrected chi connectivity index (χ3v) is 2.71. The maximum absolute atomic E-state index is 11.5. The van der Waals surface area contributed by atoms with Crippen LogP contribution in [0.3, 0.4) is 0 Å². The van der Waals surface area contributed by atoms with Crippen LogP contribution in [0, 0.1) is 19.3 Å². The summed E-state index contributed by atoms with van der Waals surface area (Å²) in [5.74, 6) is 2.33. The summed E-state index contributed by atoms with van der Waals surface area (Å²) >= 11 is 1.47. The van der Waals surface area contributed by atoms with Crippen molar-refractivity contribution in [3.63, 3.8) is 0 Å². The van der Waals surface area contributed by atoms with E-state index in [0.717, 1.165) is 10.7 Å². The lowest BCUT2D eigenvalue weighted by Crippen LogP contribution is -2.31. The smallest absolute Gasteiger partial charge is 0.157 e. The number of hydrogen-bond acceptors (Lipinski definition) is 4. The van der Waals surface area contributed by atoms with Crippen LogP contribution in [0.15, 0.2) is 5.38 Å². The predicted octanol–water partition coefficient (Wildman–Crippen LogP) is 0.914. The van der Waals surface area contributed by atoms with Crippen molar-refractivity contribution in [2.45, 2.75) is 25.8 Å². The summed E-state index contributed by atoms with van der Waals surface area (Å²) in [6.45, 7) is 1.89. The molecular formula is C10H12N2OS. The first-order chi connectivity index (χ1) is 6.63. The molecule has 0 spiro atoms. The second kappa shape index (κ2) is 4.89. The first-order valence-corrected chi connectivity index (χ1v) is 5.14. The highest BCUT2D eigenvalue weighted by molar-refractivity contribution is 7.09. The van der Waals surface area contributed by atoms with Gasteiger partial charge in [-0.05, 0) is 6.92 Å². The average Bonchev–Trinajstić information content (AvgIpc) is 2.51. The van der Waals surface area contributed by atoms with Crippen molar-refractivity contribution in [2.24, 2.45) is 5.73 Å². The Hall–Kier alpha value is -1.18. The first-order valence-electron chi connectivity index (χ1n) is 4.26. The SMILES string of the molecule is C#CCC(N)C(=O)Cc1nc(C)cs1. The Labute approximate surface area is 87.3 Å². The van der Waals surface area contributed by atoms with Crippen molar-refractivity contribution in [3.8, 4) is 12.3 Å². The molecule has 14 heavy (non-hydrogen) atoms. The largest absolute Gasteiger partial charge is 0.321 e. The molecule has 1 atom stereocenters. The van der Waals surface area contributed by atoms with E-state index in [2.05, 4.69) is 10.9 Å². The van der Waals surface area contributed by atoms with E-state index in [1.54, 1.807) is 0 Å². The van der Waals surface area contributed by atoms with E-state index in [0.29, 0.717) is 12.8 Å². The molecule has 0 saturated heterocycles. The predicted molar refractivity (Wildman–Crippen MR) is 57.0 cm³/mol. The minimum Gasteiger partial charge on any atom is -0.321 e. The van der Waals surface area contributed by atoms with Gasteiger partial charge >= 0.3 is 0 Å². The fourth-order valence-corrected chi connectivity index (χ4v) is 1.79. The average molecular weight is 208 g/mol. The molecule has 1 heterocycles. The molecule has 0 aliphatic rings. The molecule has 0 amide bonds. The maximum Gasteiger partial charge on any atom is 0.157 e. The molecule has 3 nitrogen and oxygen atoms in total. The number of nitrogens with two attached hydrogens (primary N) is 1. The molecule has 1 aromatic heterocycles. The van der Waals surface area contributed by atoms with Crippen LogP contribution in [0.5, 0.6) is 0 Å². The van der Waals surface area contributed by atoms with Gasteiger partial charge < -0.3 is 5.73 Å². The molecule has 0 bridgehead atoms. The van der Waals surface area contributed by atoms with Crippen LogP contribution in [0.4, 0.5) is 0 Å². The molecule has 1 unspecified atom stereocenters. The van der Waals surface area contributed by atoms with Crippen LogP contribution in [-0.4, -0.2) is 16.8 Å². The van der Waals surface area contributed by atoms with Gasteiger partial charge in [0.25, 0.3) is 0 Å². The number of terminal acetylenes is 1. The van der Waals surface area contributed by atoms with Crippen LogP contribution in [-0.2, 0) is 11.2 Å². The van der Waals surface area contributed by atoms with Gasteiger partial charge in [-0.3, -0.25) is 4.79 Å². The molecule has 0 aliphatic carbocycles. The summed E-state index contributed by atoms with van der Waals surface area (Å²) in [4.78, 5) is 15.6. The van der Waals surface area contributed by atoms with E-state index >= 15 is 0 Å². The zero-order valence-corrected chi connectivity index (χ0v) is 8.80. The van der Waals surface area contributed by atoms with E-state index in [-0.39, 0.29) is 5.78 Å². The number of nitrogens with zero attached hydrogens (tertiary/aromatic N) is 1. The Kier molecular flexibility index (Phi) is 3.81. The zero-order valence-electron chi connectivity index (χ0n) is 7.99. The standard InChI is InChI=1S/C10H12N2OS/c1-3-4-8(11)9(13)5-10-12-7(2)6-14-10/h1,6,8H,4-5,11H2,2H3. The molecule has 0 saturated carbocycles. The van der Waals surface area contributed by atoms with Gasteiger partial charge in [0.15, 0.2) is 5.78 Å². The minimum absolute atomic E-state index is 0.0442. The number of thiazole rings is 1. The highest BCUT2D eigenvalue weighted by Crippen LogP contribution is 2.10. The van der Waals surface area contributed by atoms with Crippen LogP contribution in [0.2, 0.25) is 0 Å². The Morgan fingerprint density at radius 3 is 3.07 bits per heavy atom. The lowest BCUT2D eigenvalue weighted by molar-refractivity contribution is -0.119. The number of carbonyl (C=O) groups is 1. The monoisotopic (exact) mass is 208 g/mol. The van der Waals surface area contributed by atoms with E-state index in [1.807, 2.05) is 12.3 Å². The molecule has 0 radical (unpaired) electrons. The summed E-state index contributed by atoms with van der Waals surface area (Å²) in [6.07, 6.45) is 5.66. The van der Waals surface area contributed by atoms with Crippen LogP contribution < -0.4 is 5.73 Å². The van der Waals surface area contributed by atoms with E-state index < -0.39 is 6.04 Å². The van der Waals surface area contributed by atoms with Crippen molar-refractivity contribution in [3.05, 3.63) is 16.1 Å². The third-order valence-electron chi connectivity index (χ3n) is 1.74. The van der Waals surface area contributed by atoms with E-state index in [1.165, 1.54) is 11.3 Å². The molecule has 0 aromatic carbocycles. The summed E-state index contributed by atoms with van der Waals surface area (Å²) in [5, 5.41) is 2.72. The second-order valence-corrected chi connectivity index (χ2v) is 3.98. The highest BCUT2D eigenvalue weighted by atomic mass is 32.1. The van der Waals surface area contributed by atoms with Crippen LogP contribution >= 0.6 is 11.3 Å². The molecule has 1 aromatic rings. The molecule has 4 heteroatoms. The topological polar surface area (TPSA) is 56.0 Å². The lowest BCUT2D eigenvalue weighted by Gasteiger charge is -2.04. The summed E-state index contributed by atoms with van der Waals surface area (Å²) < 4.78 is 0. The molecule has 0 fully saturated rings. The Bertz CT molecular complexity index is 364. The molecule has 2 N–H and O–H groups in total. The summed E-state index contributed by atoms with van der Waals surface area (Å²) in [6, 6.07) is -0.552. The van der Waals surface area contributed by atoms with Gasteiger partial charge in [0.1, 0.15) is 5.01 Å². The normalized spacial score (nSPS) is 12.1. The zero-order chi connectivity index (χ0) is 10.6. The van der Waals surface area contributed by atoms with Crippen molar-refractivity contribution < 1.29 is 4.79 Å². The molecule has 0 aliphatic heterocycles. The summed E-state index contributed by atoms with van der Waals surface area (Å²) in [5.41, 5.74) is 6.50. The molecule has 1 rings (SSSR count). The Morgan fingerprint density at radius 1 is 1.86 bits per heavy atom. The highest BCUT2D eigenvalue weighted by Gasteiger charge is 2.14. The second-order valence-electron chi connectivity index (χ2n) is 3.04. The number of aromatic nitrogens is 1. The fraction of sp³-hybridized carbons (Fsp3) is 0.400.